The van der Waals surface area contributed by atoms with E-state index in [1.807, 2.05) is 6.07 Å². The van der Waals surface area contributed by atoms with Crippen LogP contribution in [0.1, 0.15) is 5.56 Å². The number of rotatable bonds is 3. The van der Waals surface area contributed by atoms with Gasteiger partial charge >= 0.3 is 0 Å². The van der Waals surface area contributed by atoms with Crippen molar-refractivity contribution in [1.29, 1.82) is 0 Å². The van der Waals surface area contributed by atoms with Crippen molar-refractivity contribution >= 4 is 17.3 Å². The second kappa shape index (κ2) is 5.06. The number of ether oxygens (including phenoxy) is 1. The number of para-hydroxylation sites is 2. The van der Waals surface area contributed by atoms with Gasteiger partial charge in [0.05, 0.1) is 10.7 Å². The van der Waals surface area contributed by atoms with Crippen LogP contribution in [-0.4, -0.2) is 0 Å². The first-order chi connectivity index (χ1) is 8.18. The molecule has 4 heteroatoms. The van der Waals surface area contributed by atoms with Gasteiger partial charge in [-0.05, 0) is 18.2 Å². The predicted octanol–water partition coefficient (Wildman–Crippen LogP) is 3.64. The molecule has 2 aromatic carbocycles. The van der Waals surface area contributed by atoms with Gasteiger partial charge in [-0.2, -0.15) is 0 Å². The van der Waals surface area contributed by atoms with Crippen LogP contribution in [-0.2, 0) is 6.61 Å². The minimum Gasteiger partial charge on any atom is -0.487 e. The van der Waals surface area contributed by atoms with Crippen LogP contribution in [0.25, 0.3) is 0 Å². The Balaban J connectivity index is 2.13. The molecule has 0 saturated heterocycles. The summed E-state index contributed by atoms with van der Waals surface area (Å²) in [5.41, 5.74) is 6.63. The summed E-state index contributed by atoms with van der Waals surface area (Å²) in [6.07, 6.45) is 0. The standard InChI is InChI=1S/C13H11ClFNO/c14-10-5-3-4-9(13(10)15)8-17-12-7-2-1-6-11(12)16/h1-7H,8,16H2. The Bertz CT molecular complexity index is 531. The third-order valence-electron chi connectivity index (χ3n) is 2.33. The molecule has 0 aliphatic heterocycles. The van der Waals surface area contributed by atoms with Gasteiger partial charge in [0, 0.05) is 5.56 Å². The van der Waals surface area contributed by atoms with E-state index in [-0.39, 0.29) is 11.6 Å². The van der Waals surface area contributed by atoms with Crippen molar-refractivity contribution < 1.29 is 9.13 Å². The molecule has 0 aliphatic carbocycles. The van der Waals surface area contributed by atoms with Crippen LogP contribution in [0.3, 0.4) is 0 Å². The Morgan fingerprint density at radius 2 is 1.88 bits per heavy atom. The fourth-order valence-corrected chi connectivity index (χ4v) is 1.62. The number of benzene rings is 2. The van der Waals surface area contributed by atoms with Crippen LogP contribution in [0.5, 0.6) is 5.75 Å². The van der Waals surface area contributed by atoms with Crippen molar-refractivity contribution in [1.82, 2.24) is 0 Å². The highest BCUT2D eigenvalue weighted by Crippen LogP contribution is 2.23. The summed E-state index contributed by atoms with van der Waals surface area (Å²) >= 11 is 5.67. The molecule has 0 bridgehead atoms. The molecule has 0 aliphatic rings. The first kappa shape index (κ1) is 11.7. The summed E-state index contributed by atoms with van der Waals surface area (Å²) < 4.78 is 19.0. The van der Waals surface area contributed by atoms with Crippen molar-refractivity contribution in [3.63, 3.8) is 0 Å². The van der Waals surface area contributed by atoms with Gasteiger partial charge in [0.25, 0.3) is 0 Å². The Morgan fingerprint density at radius 1 is 1.12 bits per heavy atom. The van der Waals surface area contributed by atoms with E-state index in [2.05, 4.69) is 0 Å². The summed E-state index contributed by atoms with van der Waals surface area (Å²) in [4.78, 5) is 0. The fourth-order valence-electron chi connectivity index (χ4n) is 1.43. The maximum atomic E-state index is 13.6. The zero-order chi connectivity index (χ0) is 12.3. The van der Waals surface area contributed by atoms with Crippen LogP contribution < -0.4 is 10.5 Å². The van der Waals surface area contributed by atoms with Gasteiger partial charge < -0.3 is 10.5 Å². The van der Waals surface area contributed by atoms with Crippen LogP contribution >= 0.6 is 11.6 Å². The molecule has 0 atom stereocenters. The summed E-state index contributed by atoms with van der Waals surface area (Å²) in [6, 6.07) is 11.9. The number of nitrogen functional groups attached to an aromatic ring is 1. The molecule has 88 valence electrons. The molecule has 2 nitrogen and oxygen atoms in total. The minimum atomic E-state index is -0.455. The van der Waals surface area contributed by atoms with E-state index in [1.54, 1.807) is 30.3 Å². The summed E-state index contributed by atoms with van der Waals surface area (Å²) in [7, 11) is 0. The average molecular weight is 252 g/mol. The Kier molecular flexibility index (Phi) is 3.49. The minimum absolute atomic E-state index is 0.0899. The summed E-state index contributed by atoms with van der Waals surface area (Å²) in [6.45, 7) is 0.0978. The largest absolute Gasteiger partial charge is 0.487 e. The average Bonchev–Trinajstić information content (AvgIpc) is 2.33. The van der Waals surface area contributed by atoms with E-state index in [9.17, 15) is 4.39 Å². The van der Waals surface area contributed by atoms with Gasteiger partial charge in [0.1, 0.15) is 18.2 Å². The van der Waals surface area contributed by atoms with Crippen LogP contribution in [0.15, 0.2) is 42.5 Å². The van der Waals surface area contributed by atoms with Crippen LogP contribution in [0.4, 0.5) is 10.1 Å². The maximum Gasteiger partial charge on any atom is 0.148 e. The highest BCUT2D eigenvalue weighted by molar-refractivity contribution is 6.30. The molecular weight excluding hydrogens is 241 g/mol. The molecule has 0 aromatic heterocycles. The molecule has 2 N–H and O–H groups in total. The van der Waals surface area contributed by atoms with E-state index in [1.165, 1.54) is 6.07 Å². The topological polar surface area (TPSA) is 35.2 Å². The van der Waals surface area contributed by atoms with Crippen molar-refractivity contribution in [3.05, 3.63) is 58.9 Å². The second-order valence-electron chi connectivity index (χ2n) is 3.54. The Hall–Kier alpha value is -1.74. The highest BCUT2D eigenvalue weighted by atomic mass is 35.5. The normalized spacial score (nSPS) is 10.2. The maximum absolute atomic E-state index is 13.6. The molecule has 0 unspecified atom stereocenters. The molecule has 0 saturated carbocycles. The van der Waals surface area contributed by atoms with Gasteiger partial charge in [-0.1, -0.05) is 35.9 Å². The monoisotopic (exact) mass is 251 g/mol. The Labute approximate surface area is 104 Å². The van der Waals surface area contributed by atoms with Crippen molar-refractivity contribution in [3.8, 4) is 5.75 Å². The SMILES string of the molecule is Nc1ccccc1OCc1cccc(Cl)c1F. The predicted molar refractivity (Wildman–Crippen MR) is 66.6 cm³/mol. The molecule has 0 radical (unpaired) electrons. The van der Waals surface area contributed by atoms with Gasteiger partial charge in [0.2, 0.25) is 0 Å². The van der Waals surface area contributed by atoms with Crippen molar-refractivity contribution in [2.45, 2.75) is 6.61 Å². The number of anilines is 1. The Morgan fingerprint density at radius 3 is 2.65 bits per heavy atom. The smallest absolute Gasteiger partial charge is 0.148 e. The third kappa shape index (κ3) is 2.68. The van der Waals surface area contributed by atoms with E-state index in [0.717, 1.165) is 0 Å². The zero-order valence-corrected chi connectivity index (χ0v) is 9.75. The summed E-state index contributed by atoms with van der Waals surface area (Å²) in [5.74, 6) is 0.0792. The first-order valence-electron chi connectivity index (χ1n) is 5.08. The van der Waals surface area contributed by atoms with Gasteiger partial charge in [0.15, 0.2) is 0 Å². The van der Waals surface area contributed by atoms with Gasteiger partial charge in [-0.25, -0.2) is 4.39 Å². The lowest BCUT2D eigenvalue weighted by Gasteiger charge is -2.09. The van der Waals surface area contributed by atoms with Gasteiger partial charge in [-0.15, -0.1) is 0 Å². The van der Waals surface area contributed by atoms with Crippen molar-refractivity contribution in [2.24, 2.45) is 0 Å². The lowest BCUT2D eigenvalue weighted by molar-refractivity contribution is 0.301. The summed E-state index contributed by atoms with van der Waals surface area (Å²) in [5, 5.41) is 0.0899. The lowest BCUT2D eigenvalue weighted by Crippen LogP contribution is -2.00. The van der Waals surface area contributed by atoms with Crippen LogP contribution in [0.2, 0.25) is 5.02 Å². The quantitative estimate of drug-likeness (QED) is 0.846. The molecule has 0 spiro atoms. The number of hydrogen-bond acceptors (Lipinski definition) is 2. The van der Waals surface area contributed by atoms with Crippen molar-refractivity contribution in [2.75, 3.05) is 5.73 Å². The first-order valence-corrected chi connectivity index (χ1v) is 5.46. The molecule has 0 amide bonds. The molecule has 2 rings (SSSR count). The lowest BCUT2D eigenvalue weighted by atomic mass is 10.2. The molecule has 2 aromatic rings. The molecular formula is C13H11ClFNO. The molecule has 17 heavy (non-hydrogen) atoms. The van der Waals surface area contributed by atoms with Crippen LogP contribution in [0, 0.1) is 5.82 Å². The molecule has 0 fully saturated rings. The van der Waals surface area contributed by atoms with E-state index >= 15 is 0 Å². The number of halogens is 2. The van der Waals surface area contributed by atoms with Gasteiger partial charge in [-0.3, -0.25) is 0 Å². The second-order valence-corrected chi connectivity index (χ2v) is 3.95. The number of nitrogens with two attached hydrogens (primary N) is 1. The number of hydrogen-bond donors (Lipinski definition) is 1. The highest BCUT2D eigenvalue weighted by Gasteiger charge is 2.07. The fraction of sp³-hybridized carbons (Fsp3) is 0.0769. The zero-order valence-electron chi connectivity index (χ0n) is 8.99. The van der Waals surface area contributed by atoms with E-state index < -0.39 is 5.82 Å². The molecule has 0 heterocycles. The third-order valence-corrected chi connectivity index (χ3v) is 2.63. The van der Waals surface area contributed by atoms with E-state index in [4.69, 9.17) is 22.1 Å². The van der Waals surface area contributed by atoms with E-state index in [0.29, 0.717) is 17.0 Å².